The maximum atomic E-state index is 15.4. The van der Waals surface area contributed by atoms with Crippen LogP contribution in [0.1, 0.15) is 40.0 Å². The third-order valence-electron chi connectivity index (χ3n) is 7.52. The van der Waals surface area contributed by atoms with Crippen LogP contribution in [0.25, 0.3) is 32.0 Å². The Balaban J connectivity index is 1.59. The minimum absolute atomic E-state index is 0.264. The predicted octanol–water partition coefficient (Wildman–Crippen LogP) is 9.12. The Morgan fingerprint density at radius 2 is 1.32 bits per heavy atom. The SMILES string of the molecule is BCCCCc1ccc(-c2cc(C3=C(c4csc(-c5ccc(CN)cc5)c4)C(F)(F)C(F)(F)C3(F)F)c(C)s2)cc1. The molecule has 0 saturated carbocycles. The first kappa shape index (κ1) is 29.7. The van der Waals surface area contributed by atoms with E-state index in [4.69, 9.17) is 5.73 Å². The molecule has 5 rings (SSSR count). The van der Waals surface area contributed by atoms with E-state index in [9.17, 15) is 8.78 Å². The molecule has 0 aliphatic heterocycles. The van der Waals surface area contributed by atoms with E-state index >= 15 is 17.6 Å². The number of halogens is 6. The van der Waals surface area contributed by atoms with E-state index in [-0.39, 0.29) is 16.0 Å². The summed E-state index contributed by atoms with van der Waals surface area (Å²) in [5.74, 6) is -15.8. The van der Waals surface area contributed by atoms with E-state index in [0.29, 0.717) is 27.4 Å². The van der Waals surface area contributed by atoms with Gasteiger partial charge in [0.25, 0.3) is 0 Å². The Bertz CT molecular complexity index is 1570. The molecule has 0 amide bonds. The van der Waals surface area contributed by atoms with Gasteiger partial charge in [-0.1, -0.05) is 61.3 Å². The summed E-state index contributed by atoms with van der Waals surface area (Å²) in [7, 11) is 2.12. The molecule has 2 N–H and O–H groups in total. The molecule has 1 aliphatic rings. The van der Waals surface area contributed by atoms with Crippen molar-refractivity contribution in [2.24, 2.45) is 5.73 Å². The molecule has 214 valence electrons. The van der Waals surface area contributed by atoms with Crippen molar-refractivity contribution < 1.29 is 26.3 Å². The number of nitrogens with two attached hydrogens (primary N) is 1. The number of alkyl halides is 6. The summed E-state index contributed by atoms with van der Waals surface area (Å²) in [6.45, 7) is 1.81. The van der Waals surface area contributed by atoms with E-state index in [1.54, 1.807) is 24.3 Å². The Hall–Kier alpha value is -2.82. The van der Waals surface area contributed by atoms with Crippen molar-refractivity contribution in [2.75, 3.05) is 0 Å². The number of hydrogen-bond donors (Lipinski definition) is 1. The zero-order chi connectivity index (χ0) is 29.6. The highest BCUT2D eigenvalue weighted by atomic mass is 32.1. The molecule has 0 bridgehead atoms. The van der Waals surface area contributed by atoms with Crippen LogP contribution in [0.15, 0.2) is 66.0 Å². The van der Waals surface area contributed by atoms with Crippen molar-refractivity contribution in [1.29, 1.82) is 0 Å². The van der Waals surface area contributed by atoms with Gasteiger partial charge in [-0.25, -0.2) is 0 Å². The third-order valence-corrected chi connectivity index (χ3v) is 9.60. The zero-order valence-corrected chi connectivity index (χ0v) is 24.2. The Morgan fingerprint density at radius 3 is 1.93 bits per heavy atom. The lowest BCUT2D eigenvalue weighted by Crippen LogP contribution is -2.48. The van der Waals surface area contributed by atoms with Gasteiger partial charge in [-0.2, -0.15) is 26.3 Å². The highest BCUT2D eigenvalue weighted by Gasteiger charge is 2.80. The normalized spacial score (nSPS) is 17.4. The molecule has 1 aliphatic carbocycles. The van der Waals surface area contributed by atoms with Gasteiger partial charge in [0, 0.05) is 32.3 Å². The van der Waals surface area contributed by atoms with Crippen LogP contribution in [0.4, 0.5) is 26.3 Å². The van der Waals surface area contributed by atoms with Crippen LogP contribution in [0.2, 0.25) is 6.32 Å². The van der Waals surface area contributed by atoms with Crippen LogP contribution >= 0.6 is 22.7 Å². The summed E-state index contributed by atoms with van der Waals surface area (Å²) in [5.41, 5.74) is 5.71. The second kappa shape index (κ2) is 11.1. The summed E-state index contributed by atoms with van der Waals surface area (Å²) in [6, 6.07) is 17.2. The van der Waals surface area contributed by atoms with Crippen molar-refractivity contribution in [3.63, 3.8) is 0 Å². The van der Waals surface area contributed by atoms with Crippen molar-refractivity contribution in [1.82, 2.24) is 0 Å². The number of unbranched alkanes of at least 4 members (excludes halogenated alkanes) is 1. The average molecular weight is 604 g/mol. The van der Waals surface area contributed by atoms with E-state index < -0.39 is 28.9 Å². The predicted molar refractivity (Wildman–Crippen MR) is 160 cm³/mol. The smallest absolute Gasteiger partial charge is 0.326 e. The van der Waals surface area contributed by atoms with Gasteiger partial charge in [-0.3, -0.25) is 0 Å². The van der Waals surface area contributed by atoms with Gasteiger partial charge in [-0.05, 0) is 70.7 Å². The van der Waals surface area contributed by atoms with Crippen molar-refractivity contribution in [2.45, 2.75) is 56.8 Å². The van der Waals surface area contributed by atoms with E-state index in [1.807, 2.05) is 24.3 Å². The number of aryl methyl sites for hydroxylation is 2. The van der Waals surface area contributed by atoms with Crippen LogP contribution in [0, 0.1) is 6.92 Å². The van der Waals surface area contributed by atoms with Crippen molar-refractivity contribution in [3.05, 3.63) is 93.2 Å². The molecule has 0 saturated heterocycles. The Morgan fingerprint density at radius 1 is 0.732 bits per heavy atom. The van der Waals surface area contributed by atoms with Gasteiger partial charge >= 0.3 is 17.8 Å². The number of rotatable bonds is 9. The maximum absolute atomic E-state index is 15.4. The molecule has 0 fully saturated rings. The standard InChI is InChI=1S/C31H28BF6NS2/c1-18-24(15-26(41-18)22-9-5-19(6-10-22)4-2-3-13-32)28-27(29(33,34)31(37,38)30(28,35)36)23-14-25(40-17-23)21-11-7-20(16-39)8-12-21/h5-12,14-15,17H,2-4,13,16,32,39H2,1H3. The van der Waals surface area contributed by atoms with Gasteiger partial charge in [0.1, 0.15) is 7.85 Å². The van der Waals surface area contributed by atoms with Crippen LogP contribution in [0.3, 0.4) is 0 Å². The number of benzene rings is 2. The van der Waals surface area contributed by atoms with Crippen LogP contribution in [-0.4, -0.2) is 25.6 Å². The van der Waals surface area contributed by atoms with Crippen LogP contribution in [-0.2, 0) is 13.0 Å². The van der Waals surface area contributed by atoms with Gasteiger partial charge in [0.15, 0.2) is 0 Å². The highest BCUT2D eigenvalue weighted by Crippen LogP contribution is 2.65. The summed E-state index contributed by atoms with van der Waals surface area (Å²) < 4.78 is 91.3. The van der Waals surface area contributed by atoms with E-state index in [0.717, 1.165) is 59.4 Å². The van der Waals surface area contributed by atoms with Crippen LogP contribution < -0.4 is 5.73 Å². The topological polar surface area (TPSA) is 26.0 Å². The van der Waals surface area contributed by atoms with Gasteiger partial charge in [-0.15, -0.1) is 22.7 Å². The van der Waals surface area contributed by atoms with Crippen molar-refractivity contribution >= 4 is 41.7 Å². The molecule has 1 nitrogen and oxygen atoms in total. The third kappa shape index (κ3) is 5.08. The lowest BCUT2D eigenvalue weighted by Gasteiger charge is -2.25. The van der Waals surface area contributed by atoms with Gasteiger partial charge < -0.3 is 5.73 Å². The molecule has 4 aromatic rings. The Kier molecular flexibility index (Phi) is 8.04. The minimum atomic E-state index is -5.59. The summed E-state index contributed by atoms with van der Waals surface area (Å²) in [6.07, 6.45) is 4.18. The van der Waals surface area contributed by atoms with Gasteiger partial charge in [0.05, 0.1) is 0 Å². The minimum Gasteiger partial charge on any atom is -0.326 e. The second-order valence-corrected chi connectivity index (χ2v) is 12.5. The summed E-state index contributed by atoms with van der Waals surface area (Å²) in [4.78, 5) is 1.30. The average Bonchev–Trinajstić information content (AvgIpc) is 3.60. The molecule has 2 heterocycles. The second-order valence-electron chi connectivity index (χ2n) is 10.3. The fourth-order valence-corrected chi connectivity index (χ4v) is 7.10. The Labute approximate surface area is 244 Å². The van der Waals surface area contributed by atoms with Crippen molar-refractivity contribution in [3.8, 4) is 20.9 Å². The van der Waals surface area contributed by atoms with Gasteiger partial charge in [0.2, 0.25) is 0 Å². The highest BCUT2D eigenvalue weighted by molar-refractivity contribution is 7.15. The molecule has 0 radical (unpaired) electrons. The molecular formula is C31H28BF6NS2. The molecule has 0 unspecified atom stereocenters. The first-order valence-electron chi connectivity index (χ1n) is 13.4. The quantitative estimate of drug-likeness (QED) is 0.115. The number of allylic oxidation sites excluding steroid dienone is 2. The zero-order valence-electron chi connectivity index (χ0n) is 22.5. The number of thiophene rings is 2. The molecule has 2 aromatic carbocycles. The number of hydrogen-bond acceptors (Lipinski definition) is 3. The lowest BCUT2D eigenvalue weighted by atomic mass is 9.95. The van der Waals surface area contributed by atoms with Crippen LogP contribution in [0.5, 0.6) is 0 Å². The molecule has 41 heavy (non-hydrogen) atoms. The first-order valence-corrected chi connectivity index (χ1v) is 15.1. The summed E-state index contributed by atoms with van der Waals surface area (Å²) >= 11 is 2.15. The lowest BCUT2D eigenvalue weighted by molar-refractivity contribution is -0.254. The van der Waals surface area contributed by atoms with E-state index in [1.165, 1.54) is 24.4 Å². The van der Waals surface area contributed by atoms with E-state index in [2.05, 4.69) is 7.85 Å². The molecule has 2 aromatic heterocycles. The molecule has 10 heteroatoms. The molecule has 0 atom stereocenters. The fraction of sp³-hybridized carbons (Fsp3) is 0.290. The fourth-order valence-electron chi connectivity index (χ4n) is 5.17. The largest absolute Gasteiger partial charge is 0.380 e. The monoisotopic (exact) mass is 603 g/mol. The maximum Gasteiger partial charge on any atom is 0.380 e. The first-order chi connectivity index (χ1) is 19.4. The molecule has 0 spiro atoms. The summed E-state index contributed by atoms with van der Waals surface area (Å²) in [5, 5.41) is 1.24. The molecular weight excluding hydrogens is 575 g/mol.